The standard InChI is InChI=1S/C37H31N3/c1-24-22-33-31(29-16-10-11-17-32(29)37(33,2)3)23-30(24)36-39-34(27-14-8-5-9-15-27)38-35(40-36)28-20-18-26(19-21-28)25-12-6-4-7-13-25/h4-21,23-24H,22H2,1-3H3/t24-/m0/s1. The van der Waals surface area contributed by atoms with Gasteiger partial charge in [-0.05, 0) is 46.2 Å². The van der Waals surface area contributed by atoms with Crippen molar-refractivity contribution in [2.45, 2.75) is 32.6 Å². The number of benzene rings is 4. The molecular weight excluding hydrogens is 486 g/mol. The van der Waals surface area contributed by atoms with Gasteiger partial charge in [-0.25, -0.2) is 15.0 Å². The lowest BCUT2D eigenvalue weighted by molar-refractivity contribution is 0.570. The fourth-order valence-corrected chi connectivity index (χ4v) is 6.25. The Morgan fingerprint density at radius 3 is 1.75 bits per heavy atom. The highest BCUT2D eigenvalue weighted by Crippen LogP contribution is 2.53. The second-order valence-corrected chi connectivity index (χ2v) is 11.4. The van der Waals surface area contributed by atoms with E-state index in [1.54, 1.807) is 0 Å². The number of hydrogen-bond donors (Lipinski definition) is 0. The normalized spacial score (nSPS) is 17.3. The van der Waals surface area contributed by atoms with Crippen LogP contribution < -0.4 is 0 Å². The quantitative estimate of drug-likeness (QED) is 0.239. The third kappa shape index (κ3) is 4.10. The molecule has 3 nitrogen and oxygen atoms in total. The second-order valence-electron chi connectivity index (χ2n) is 11.4. The minimum atomic E-state index is 0.0299. The lowest BCUT2D eigenvalue weighted by Gasteiger charge is -2.30. The van der Waals surface area contributed by atoms with Crippen LogP contribution in [0.3, 0.4) is 0 Å². The van der Waals surface area contributed by atoms with Crippen molar-refractivity contribution in [2.24, 2.45) is 5.92 Å². The molecule has 0 spiro atoms. The van der Waals surface area contributed by atoms with Crippen LogP contribution in [0.15, 0.2) is 121 Å². The largest absolute Gasteiger partial charge is 0.209 e. The summed E-state index contributed by atoms with van der Waals surface area (Å²) in [5.41, 5.74) is 11.1. The molecule has 0 aliphatic heterocycles. The molecule has 2 aliphatic rings. The minimum absolute atomic E-state index is 0.0299. The van der Waals surface area contributed by atoms with E-state index in [9.17, 15) is 0 Å². The van der Waals surface area contributed by atoms with Gasteiger partial charge < -0.3 is 0 Å². The van der Waals surface area contributed by atoms with Gasteiger partial charge >= 0.3 is 0 Å². The minimum Gasteiger partial charge on any atom is -0.209 e. The maximum absolute atomic E-state index is 5.10. The van der Waals surface area contributed by atoms with Gasteiger partial charge in [-0.1, -0.05) is 136 Å². The molecular formula is C37H31N3. The third-order valence-corrected chi connectivity index (χ3v) is 8.49. The summed E-state index contributed by atoms with van der Waals surface area (Å²) >= 11 is 0. The fourth-order valence-electron chi connectivity index (χ4n) is 6.25. The number of fused-ring (bicyclic) bond motifs is 2. The van der Waals surface area contributed by atoms with Crippen molar-refractivity contribution in [1.82, 2.24) is 15.0 Å². The summed E-state index contributed by atoms with van der Waals surface area (Å²) in [5.74, 6) is 2.46. The number of aromatic nitrogens is 3. The van der Waals surface area contributed by atoms with Crippen molar-refractivity contribution in [3.8, 4) is 33.9 Å². The van der Waals surface area contributed by atoms with Crippen LogP contribution in [0.4, 0.5) is 0 Å². The monoisotopic (exact) mass is 517 g/mol. The van der Waals surface area contributed by atoms with Gasteiger partial charge in [0.05, 0.1) is 0 Å². The van der Waals surface area contributed by atoms with E-state index < -0.39 is 0 Å². The Bertz CT molecular complexity index is 1780. The van der Waals surface area contributed by atoms with Crippen LogP contribution in [-0.4, -0.2) is 15.0 Å². The average molecular weight is 518 g/mol. The van der Waals surface area contributed by atoms with E-state index >= 15 is 0 Å². The van der Waals surface area contributed by atoms with Crippen molar-refractivity contribution in [3.63, 3.8) is 0 Å². The van der Waals surface area contributed by atoms with E-state index in [2.05, 4.69) is 112 Å². The summed E-state index contributed by atoms with van der Waals surface area (Å²) in [6.07, 6.45) is 3.35. The summed E-state index contributed by atoms with van der Waals surface area (Å²) in [4.78, 5) is 15.1. The van der Waals surface area contributed by atoms with Gasteiger partial charge in [0.1, 0.15) is 0 Å². The highest BCUT2D eigenvalue weighted by Gasteiger charge is 2.40. The van der Waals surface area contributed by atoms with Gasteiger partial charge in [-0.15, -0.1) is 0 Å². The van der Waals surface area contributed by atoms with E-state index in [1.807, 2.05) is 24.3 Å². The van der Waals surface area contributed by atoms with Crippen LogP contribution >= 0.6 is 0 Å². The molecule has 5 aromatic rings. The third-order valence-electron chi connectivity index (χ3n) is 8.49. The zero-order valence-corrected chi connectivity index (χ0v) is 23.1. The van der Waals surface area contributed by atoms with Crippen LogP contribution in [0.25, 0.3) is 45.0 Å². The lowest BCUT2D eigenvalue weighted by atomic mass is 9.74. The summed E-state index contributed by atoms with van der Waals surface area (Å²) in [7, 11) is 0. The Hall–Kier alpha value is -4.63. The Balaban J connectivity index is 1.36. The van der Waals surface area contributed by atoms with Crippen LogP contribution in [-0.2, 0) is 5.41 Å². The zero-order chi connectivity index (χ0) is 27.3. The Morgan fingerprint density at radius 1 is 0.575 bits per heavy atom. The van der Waals surface area contributed by atoms with Crippen LogP contribution in [0.5, 0.6) is 0 Å². The van der Waals surface area contributed by atoms with E-state index in [4.69, 9.17) is 15.0 Å². The van der Waals surface area contributed by atoms with Crippen LogP contribution in [0, 0.1) is 5.92 Å². The van der Waals surface area contributed by atoms with E-state index in [0.29, 0.717) is 17.6 Å². The zero-order valence-electron chi connectivity index (χ0n) is 23.1. The van der Waals surface area contributed by atoms with E-state index in [0.717, 1.165) is 23.4 Å². The molecule has 3 heteroatoms. The van der Waals surface area contributed by atoms with Crippen molar-refractivity contribution in [2.75, 3.05) is 0 Å². The highest BCUT2D eigenvalue weighted by atomic mass is 15.0. The van der Waals surface area contributed by atoms with Gasteiger partial charge in [0, 0.05) is 22.1 Å². The van der Waals surface area contributed by atoms with E-state index in [-0.39, 0.29) is 5.41 Å². The predicted molar refractivity (Wildman–Crippen MR) is 164 cm³/mol. The molecule has 0 bridgehead atoms. The average Bonchev–Trinajstić information content (AvgIpc) is 3.23. The first kappa shape index (κ1) is 24.4. The molecule has 1 atom stereocenters. The van der Waals surface area contributed by atoms with Gasteiger partial charge in [0.25, 0.3) is 0 Å². The van der Waals surface area contributed by atoms with Crippen molar-refractivity contribution < 1.29 is 0 Å². The van der Waals surface area contributed by atoms with Gasteiger partial charge in [0.15, 0.2) is 17.5 Å². The second kappa shape index (κ2) is 9.53. The maximum Gasteiger partial charge on any atom is 0.164 e. The smallest absolute Gasteiger partial charge is 0.164 e. The molecule has 2 aliphatic carbocycles. The molecule has 194 valence electrons. The topological polar surface area (TPSA) is 38.7 Å². The number of nitrogens with zero attached hydrogens (tertiary/aromatic N) is 3. The van der Waals surface area contributed by atoms with E-state index in [1.165, 1.54) is 39.0 Å². The summed E-state index contributed by atoms with van der Waals surface area (Å²) in [5, 5.41) is 0. The van der Waals surface area contributed by atoms with Gasteiger partial charge in [0.2, 0.25) is 0 Å². The molecule has 0 fully saturated rings. The lowest BCUT2D eigenvalue weighted by Crippen LogP contribution is -2.21. The molecule has 0 saturated carbocycles. The molecule has 1 aromatic heterocycles. The van der Waals surface area contributed by atoms with Crippen molar-refractivity contribution in [1.29, 1.82) is 0 Å². The predicted octanol–water partition coefficient (Wildman–Crippen LogP) is 9.04. The van der Waals surface area contributed by atoms with Crippen molar-refractivity contribution >= 4 is 11.1 Å². The molecule has 0 saturated heterocycles. The number of hydrogen-bond acceptors (Lipinski definition) is 3. The number of allylic oxidation sites excluding steroid dienone is 4. The first-order valence-electron chi connectivity index (χ1n) is 14.0. The SMILES string of the molecule is C[C@H]1CC2=C(C=C1c1nc(-c3ccccc3)nc(-c3ccc(-c4ccccc4)cc3)n1)c1ccccc1C2(C)C. The maximum atomic E-state index is 5.10. The molecule has 4 aromatic carbocycles. The first-order valence-corrected chi connectivity index (χ1v) is 14.0. The molecule has 40 heavy (non-hydrogen) atoms. The Morgan fingerprint density at radius 2 is 1.07 bits per heavy atom. The molecule has 7 rings (SSSR count). The Labute approximate surface area is 236 Å². The number of rotatable bonds is 4. The van der Waals surface area contributed by atoms with Gasteiger partial charge in [-0.2, -0.15) is 0 Å². The summed E-state index contributed by atoms with van der Waals surface area (Å²) in [6, 6.07) is 38.0. The highest BCUT2D eigenvalue weighted by molar-refractivity contribution is 5.93. The summed E-state index contributed by atoms with van der Waals surface area (Å²) < 4.78 is 0. The van der Waals surface area contributed by atoms with Crippen LogP contribution in [0.2, 0.25) is 0 Å². The van der Waals surface area contributed by atoms with Crippen molar-refractivity contribution in [3.05, 3.63) is 138 Å². The first-order chi connectivity index (χ1) is 19.5. The summed E-state index contributed by atoms with van der Waals surface area (Å²) in [6.45, 7) is 7.01. The van der Waals surface area contributed by atoms with Crippen LogP contribution in [0.1, 0.15) is 44.1 Å². The molecule has 1 heterocycles. The Kier molecular flexibility index (Phi) is 5.82. The molecule has 0 amide bonds. The molecule has 0 N–H and O–H groups in total. The molecule has 0 radical (unpaired) electrons. The van der Waals surface area contributed by atoms with Gasteiger partial charge in [-0.3, -0.25) is 0 Å². The fraction of sp³-hybridized carbons (Fsp3) is 0.162. The molecule has 0 unspecified atom stereocenters.